The first kappa shape index (κ1) is 27.7. The van der Waals surface area contributed by atoms with Gasteiger partial charge in [-0.3, -0.25) is 4.79 Å². The summed E-state index contributed by atoms with van der Waals surface area (Å²) in [5, 5.41) is 20.2. The Labute approximate surface area is 216 Å². The molecule has 15 heteroatoms. The van der Waals surface area contributed by atoms with Crippen molar-refractivity contribution >= 4 is 22.8 Å². The Morgan fingerprint density at radius 1 is 1.16 bits per heavy atom. The molecule has 4 rings (SSSR count). The van der Waals surface area contributed by atoms with E-state index in [4.69, 9.17) is 4.74 Å². The molecule has 0 spiro atoms. The first-order valence-corrected chi connectivity index (χ1v) is 12.3. The lowest BCUT2D eigenvalue weighted by molar-refractivity contribution is -0.202. The van der Waals surface area contributed by atoms with Crippen LogP contribution in [0.15, 0.2) is 52.5 Å². The minimum absolute atomic E-state index is 0.0185. The second-order valence-electron chi connectivity index (χ2n) is 8.61. The van der Waals surface area contributed by atoms with Gasteiger partial charge in [-0.1, -0.05) is 24.3 Å². The molecule has 3 N–H and O–H groups in total. The van der Waals surface area contributed by atoms with Crippen molar-refractivity contribution in [2.75, 3.05) is 6.61 Å². The third-order valence-electron chi connectivity index (χ3n) is 6.06. The molecule has 1 aromatic carbocycles. The number of hydrogen-bond donors (Lipinski definition) is 3. The fourth-order valence-electron chi connectivity index (χ4n) is 4.16. The van der Waals surface area contributed by atoms with Crippen LogP contribution in [0.1, 0.15) is 41.5 Å². The molecule has 38 heavy (non-hydrogen) atoms. The van der Waals surface area contributed by atoms with Crippen LogP contribution in [0.5, 0.6) is 5.75 Å². The number of benzene rings is 1. The average molecular weight is 564 g/mol. The predicted octanol–water partition coefficient (Wildman–Crippen LogP) is 5.18. The average Bonchev–Trinajstić information content (AvgIpc) is 3.49. The molecule has 206 valence electrons. The third-order valence-corrected chi connectivity index (χ3v) is 7.35. The van der Waals surface area contributed by atoms with Crippen LogP contribution < -0.4 is 15.5 Å². The number of amides is 1. The Balaban J connectivity index is 1.70. The van der Waals surface area contributed by atoms with Gasteiger partial charge >= 0.3 is 12.4 Å². The van der Waals surface area contributed by atoms with Crippen LogP contribution in [0, 0.1) is 0 Å². The molecule has 2 atom stereocenters. The first-order valence-electron chi connectivity index (χ1n) is 11.5. The molecule has 2 aliphatic rings. The molecule has 0 fully saturated rings. The number of alkyl halides is 6. The summed E-state index contributed by atoms with van der Waals surface area (Å²) in [6, 6.07) is 8.02. The van der Waals surface area contributed by atoms with Crippen LogP contribution >= 0.6 is 11.3 Å². The summed E-state index contributed by atoms with van der Waals surface area (Å²) in [6.07, 6.45) is -12.3. The number of thiophene rings is 1. The molecular weight excluding hydrogens is 540 g/mol. The summed E-state index contributed by atoms with van der Waals surface area (Å²) in [4.78, 5) is 14.6. The highest BCUT2D eigenvalue weighted by Crippen LogP contribution is 2.50. The highest BCUT2D eigenvalue weighted by molar-refractivity contribution is 7.13. The van der Waals surface area contributed by atoms with E-state index >= 15 is 0 Å². The molecule has 0 aliphatic carbocycles. The quantitative estimate of drug-likeness (QED) is 0.304. The van der Waals surface area contributed by atoms with Crippen molar-refractivity contribution < 1.29 is 41.0 Å². The van der Waals surface area contributed by atoms with E-state index in [1.54, 1.807) is 12.1 Å². The van der Waals surface area contributed by atoms with E-state index < -0.39 is 43.0 Å². The molecule has 0 saturated carbocycles. The van der Waals surface area contributed by atoms with Crippen LogP contribution in [-0.4, -0.2) is 41.3 Å². The fourth-order valence-corrected chi connectivity index (χ4v) is 5.15. The molecule has 0 bridgehead atoms. The number of nitrogens with one attached hydrogen (secondary N) is 2. The van der Waals surface area contributed by atoms with Gasteiger partial charge in [0.1, 0.15) is 11.4 Å². The standard InChI is InChI=1S/C23H23F6N5O3S/c1-2-15-8-9-17(38-15)16-12-21(23(27,28)29,30-19(35)18(16)34-20(36)31-32-33-34)13-4-6-14(7-5-13)37-11-3-10-22(24,25)26/h4-9,20,36H,2-3,10-12H2,1H3,(H,30,35)(H,31,33)/t20?,21-/m0/s1. The summed E-state index contributed by atoms with van der Waals surface area (Å²) in [6.45, 7) is 1.61. The number of aliphatic hydroxyl groups is 1. The van der Waals surface area contributed by atoms with E-state index in [9.17, 15) is 36.2 Å². The summed E-state index contributed by atoms with van der Waals surface area (Å²) in [5.41, 5.74) is -1.18. The largest absolute Gasteiger partial charge is 0.494 e. The normalized spacial score (nSPS) is 22.1. The zero-order chi connectivity index (χ0) is 27.7. The van der Waals surface area contributed by atoms with E-state index in [2.05, 4.69) is 21.2 Å². The van der Waals surface area contributed by atoms with E-state index in [1.807, 2.05) is 6.92 Å². The van der Waals surface area contributed by atoms with Gasteiger partial charge in [-0.15, -0.1) is 11.3 Å². The number of ether oxygens (including phenoxy) is 1. The van der Waals surface area contributed by atoms with Gasteiger partial charge in [0.15, 0.2) is 5.54 Å². The number of halogens is 6. The van der Waals surface area contributed by atoms with E-state index in [0.29, 0.717) is 11.3 Å². The van der Waals surface area contributed by atoms with Gasteiger partial charge in [0.05, 0.1) is 6.61 Å². The summed E-state index contributed by atoms with van der Waals surface area (Å²) < 4.78 is 86.5. The maximum absolute atomic E-state index is 14.8. The Morgan fingerprint density at radius 3 is 2.42 bits per heavy atom. The third kappa shape index (κ3) is 5.57. The van der Waals surface area contributed by atoms with E-state index in [0.717, 1.165) is 22.0 Å². The second-order valence-corrected chi connectivity index (χ2v) is 9.78. The van der Waals surface area contributed by atoms with Gasteiger partial charge in [0.2, 0.25) is 6.35 Å². The Morgan fingerprint density at radius 2 is 1.87 bits per heavy atom. The lowest BCUT2D eigenvalue weighted by Gasteiger charge is -2.42. The smallest absolute Gasteiger partial charge is 0.416 e. The molecule has 1 aromatic heterocycles. The monoisotopic (exact) mass is 563 g/mol. The molecule has 0 saturated heterocycles. The van der Waals surface area contributed by atoms with E-state index in [-0.39, 0.29) is 35.6 Å². The van der Waals surface area contributed by atoms with Crippen molar-refractivity contribution in [3.8, 4) is 5.75 Å². The number of aliphatic hydroxyl groups excluding tert-OH is 1. The molecule has 0 radical (unpaired) electrons. The Hall–Kier alpha value is -3.33. The van der Waals surface area contributed by atoms with Gasteiger partial charge < -0.3 is 15.2 Å². The van der Waals surface area contributed by atoms with Crippen LogP contribution in [0.25, 0.3) is 5.57 Å². The SMILES string of the molecule is CCc1ccc(C2=C(N3N=NNC3O)C(=O)N[C@@](c3ccc(OCCCC(F)(F)F)cc3)(C(F)(F)F)C2)s1. The lowest BCUT2D eigenvalue weighted by Crippen LogP contribution is -2.60. The molecule has 2 aromatic rings. The molecule has 1 unspecified atom stereocenters. The van der Waals surface area contributed by atoms with Crippen molar-refractivity contribution in [1.82, 2.24) is 15.8 Å². The van der Waals surface area contributed by atoms with Crippen molar-refractivity contribution in [3.05, 3.63) is 57.4 Å². The van der Waals surface area contributed by atoms with Crippen LogP contribution in [0.4, 0.5) is 26.3 Å². The summed E-state index contributed by atoms with van der Waals surface area (Å²) in [5.74, 6) is -1.03. The number of carbonyl (C=O) groups is 1. The second kappa shape index (κ2) is 10.4. The number of rotatable bonds is 8. The minimum Gasteiger partial charge on any atom is -0.494 e. The van der Waals surface area contributed by atoms with Crippen molar-refractivity contribution in [1.29, 1.82) is 0 Å². The summed E-state index contributed by atoms with van der Waals surface area (Å²) in [7, 11) is 0. The molecule has 8 nitrogen and oxygen atoms in total. The first-order chi connectivity index (χ1) is 17.8. The highest BCUT2D eigenvalue weighted by Gasteiger charge is 2.60. The molecule has 3 heterocycles. The van der Waals surface area contributed by atoms with Crippen molar-refractivity contribution in [2.45, 2.75) is 56.9 Å². The van der Waals surface area contributed by atoms with Crippen molar-refractivity contribution in [2.24, 2.45) is 10.4 Å². The number of hydrogen-bond acceptors (Lipinski definition) is 8. The lowest BCUT2D eigenvalue weighted by atomic mass is 9.79. The topological polar surface area (TPSA) is 98.5 Å². The Bertz CT molecular complexity index is 1230. The molecular formula is C23H23F6N5O3S. The Kier molecular flexibility index (Phi) is 7.61. The minimum atomic E-state index is -4.96. The zero-order valence-corrected chi connectivity index (χ0v) is 20.7. The maximum Gasteiger partial charge on any atom is 0.416 e. The van der Waals surface area contributed by atoms with Gasteiger partial charge in [-0.2, -0.15) is 31.4 Å². The van der Waals surface area contributed by atoms with Gasteiger partial charge in [-0.05, 0) is 47.9 Å². The van der Waals surface area contributed by atoms with E-state index in [1.165, 1.54) is 23.5 Å². The number of nitrogens with zero attached hydrogens (tertiary/aromatic N) is 3. The number of carbonyl (C=O) groups excluding carboxylic acids is 1. The molecule has 2 aliphatic heterocycles. The summed E-state index contributed by atoms with van der Waals surface area (Å²) >= 11 is 1.22. The zero-order valence-electron chi connectivity index (χ0n) is 19.9. The highest BCUT2D eigenvalue weighted by atomic mass is 32.1. The molecule has 1 amide bonds. The van der Waals surface area contributed by atoms with Crippen molar-refractivity contribution in [3.63, 3.8) is 0 Å². The number of aryl methyl sites for hydroxylation is 1. The van der Waals surface area contributed by atoms with Gasteiger partial charge in [0, 0.05) is 28.2 Å². The fraction of sp³-hybridized carbons (Fsp3) is 0.435. The predicted molar refractivity (Wildman–Crippen MR) is 124 cm³/mol. The maximum atomic E-state index is 14.8. The van der Waals surface area contributed by atoms with Crippen LogP contribution in [0.3, 0.4) is 0 Å². The van der Waals surface area contributed by atoms with Crippen LogP contribution in [0.2, 0.25) is 0 Å². The van der Waals surface area contributed by atoms with Gasteiger partial charge in [0.25, 0.3) is 5.91 Å². The van der Waals surface area contributed by atoms with Gasteiger partial charge in [-0.25, -0.2) is 5.43 Å². The van der Waals surface area contributed by atoms with Crippen LogP contribution in [-0.2, 0) is 16.8 Å².